The standard InChI is InChI=1S/C21H26O3/c1-4-15-23-19-11-7-17(8-12-19)21(22,6-3)18-9-13-20(14-10-18)24-16-5-2/h6-14,22H,3-5,15-16H2,1-2H3. The lowest BCUT2D eigenvalue weighted by molar-refractivity contribution is 0.134. The van der Waals surface area contributed by atoms with Crippen molar-refractivity contribution >= 4 is 0 Å². The van der Waals surface area contributed by atoms with Crippen molar-refractivity contribution < 1.29 is 14.6 Å². The van der Waals surface area contributed by atoms with Gasteiger partial charge >= 0.3 is 0 Å². The minimum Gasteiger partial charge on any atom is -0.494 e. The van der Waals surface area contributed by atoms with Crippen LogP contribution in [0.25, 0.3) is 0 Å². The maximum Gasteiger partial charge on any atom is 0.133 e. The van der Waals surface area contributed by atoms with Crippen LogP contribution in [0.3, 0.4) is 0 Å². The van der Waals surface area contributed by atoms with Gasteiger partial charge in [0.05, 0.1) is 13.2 Å². The van der Waals surface area contributed by atoms with Gasteiger partial charge < -0.3 is 14.6 Å². The molecule has 128 valence electrons. The fourth-order valence-corrected chi connectivity index (χ4v) is 2.45. The molecule has 0 radical (unpaired) electrons. The van der Waals surface area contributed by atoms with Crippen LogP contribution in [-0.2, 0) is 5.60 Å². The van der Waals surface area contributed by atoms with E-state index < -0.39 is 5.60 Å². The van der Waals surface area contributed by atoms with Crippen molar-refractivity contribution in [2.24, 2.45) is 0 Å². The Hall–Kier alpha value is -2.26. The average molecular weight is 326 g/mol. The number of aliphatic hydroxyl groups is 1. The molecule has 2 aromatic rings. The molecule has 0 aromatic heterocycles. The second kappa shape index (κ2) is 8.55. The highest BCUT2D eigenvalue weighted by Gasteiger charge is 2.27. The molecule has 0 saturated carbocycles. The fourth-order valence-electron chi connectivity index (χ4n) is 2.45. The van der Waals surface area contributed by atoms with Crippen molar-refractivity contribution in [1.29, 1.82) is 0 Å². The maximum absolute atomic E-state index is 11.1. The average Bonchev–Trinajstić information content (AvgIpc) is 2.65. The van der Waals surface area contributed by atoms with Crippen molar-refractivity contribution in [1.82, 2.24) is 0 Å². The number of hydrogen-bond acceptors (Lipinski definition) is 3. The predicted octanol–water partition coefficient (Wildman–Crippen LogP) is 4.69. The first-order valence-electron chi connectivity index (χ1n) is 8.46. The Kier molecular flexibility index (Phi) is 6.44. The van der Waals surface area contributed by atoms with Crippen molar-refractivity contribution in [2.75, 3.05) is 13.2 Å². The summed E-state index contributed by atoms with van der Waals surface area (Å²) in [5.74, 6) is 1.60. The zero-order valence-corrected chi connectivity index (χ0v) is 14.5. The van der Waals surface area contributed by atoms with E-state index in [2.05, 4.69) is 20.4 Å². The zero-order chi connectivity index (χ0) is 17.4. The van der Waals surface area contributed by atoms with E-state index in [1.54, 1.807) is 6.08 Å². The Bertz CT molecular complexity index is 578. The van der Waals surface area contributed by atoms with Gasteiger partial charge in [0.2, 0.25) is 0 Å². The highest BCUT2D eigenvalue weighted by Crippen LogP contribution is 2.32. The van der Waals surface area contributed by atoms with Gasteiger partial charge in [-0.25, -0.2) is 0 Å². The maximum atomic E-state index is 11.1. The molecule has 0 unspecified atom stereocenters. The monoisotopic (exact) mass is 326 g/mol. The molecule has 2 aromatic carbocycles. The lowest BCUT2D eigenvalue weighted by atomic mass is 9.86. The van der Waals surface area contributed by atoms with Gasteiger partial charge in [0, 0.05) is 0 Å². The first kappa shape index (κ1) is 18.1. The summed E-state index contributed by atoms with van der Waals surface area (Å²) in [5.41, 5.74) is 0.263. The molecule has 1 N–H and O–H groups in total. The van der Waals surface area contributed by atoms with E-state index in [9.17, 15) is 5.11 Å². The molecular formula is C21H26O3. The lowest BCUT2D eigenvalue weighted by Crippen LogP contribution is -2.24. The molecular weight excluding hydrogens is 300 g/mol. The van der Waals surface area contributed by atoms with Gasteiger partial charge in [-0.05, 0) is 48.2 Å². The summed E-state index contributed by atoms with van der Waals surface area (Å²) in [4.78, 5) is 0. The summed E-state index contributed by atoms with van der Waals surface area (Å²) in [5, 5.41) is 11.1. The van der Waals surface area contributed by atoms with E-state index in [1.165, 1.54) is 0 Å². The summed E-state index contributed by atoms with van der Waals surface area (Å²) >= 11 is 0. The molecule has 0 saturated heterocycles. The summed E-state index contributed by atoms with van der Waals surface area (Å²) in [7, 11) is 0. The number of hydrogen-bond donors (Lipinski definition) is 1. The SMILES string of the molecule is C=CC(O)(c1ccc(OCCC)cc1)c1ccc(OCCC)cc1. The molecule has 24 heavy (non-hydrogen) atoms. The minimum atomic E-state index is -1.24. The highest BCUT2D eigenvalue weighted by molar-refractivity contribution is 5.44. The molecule has 0 heterocycles. The minimum absolute atomic E-state index is 0.685. The fraction of sp³-hybridized carbons (Fsp3) is 0.333. The van der Waals surface area contributed by atoms with E-state index in [0.29, 0.717) is 13.2 Å². The summed E-state index contributed by atoms with van der Waals surface area (Å²) in [6.07, 6.45) is 3.48. The predicted molar refractivity (Wildman–Crippen MR) is 97.7 cm³/mol. The molecule has 3 nitrogen and oxygen atoms in total. The van der Waals surface area contributed by atoms with Gasteiger partial charge in [-0.2, -0.15) is 0 Å². The van der Waals surface area contributed by atoms with E-state index >= 15 is 0 Å². The van der Waals surface area contributed by atoms with Gasteiger partial charge in [-0.1, -0.05) is 50.8 Å². The molecule has 0 fully saturated rings. The van der Waals surface area contributed by atoms with Crippen LogP contribution < -0.4 is 9.47 Å². The van der Waals surface area contributed by atoms with Crippen LogP contribution >= 0.6 is 0 Å². The molecule has 0 bridgehead atoms. The van der Waals surface area contributed by atoms with Gasteiger partial charge in [0.15, 0.2) is 0 Å². The normalized spacial score (nSPS) is 11.1. The van der Waals surface area contributed by atoms with E-state index in [0.717, 1.165) is 35.5 Å². The summed E-state index contributed by atoms with van der Waals surface area (Å²) in [6.45, 7) is 9.32. The lowest BCUT2D eigenvalue weighted by Gasteiger charge is -2.26. The quantitative estimate of drug-likeness (QED) is 0.680. The van der Waals surface area contributed by atoms with Crippen LogP contribution in [0.2, 0.25) is 0 Å². The third-order valence-electron chi connectivity index (χ3n) is 3.83. The first-order valence-corrected chi connectivity index (χ1v) is 8.46. The Morgan fingerprint density at radius 3 is 1.50 bits per heavy atom. The molecule has 0 spiro atoms. The summed E-state index contributed by atoms with van der Waals surface area (Å²) in [6, 6.07) is 15.0. The van der Waals surface area contributed by atoms with Crippen molar-refractivity contribution in [3.05, 3.63) is 72.3 Å². The van der Waals surface area contributed by atoms with Crippen molar-refractivity contribution in [3.8, 4) is 11.5 Å². The molecule has 0 atom stereocenters. The molecule has 2 rings (SSSR count). The van der Waals surface area contributed by atoms with Gasteiger partial charge in [-0.3, -0.25) is 0 Å². The van der Waals surface area contributed by atoms with E-state index in [1.807, 2.05) is 48.5 Å². The van der Waals surface area contributed by atoms with E-state index in [-0.39, 0.29) is 0 Å². The van der Waals surface area contributed by atoms with Crippen LogP contribution in [0, 0.1) is 0 Å². The summed E-state index contributed by atoms with van der Waals surface area (Å²) < 4.78 is 11.2. The van der Waals surface area contributed by atoms with Crippen molar-refractivity contribution in [2.45, 2.75) is 32.3 Å². The molecule has 0 aliphatic heterocycles. The van der Waals surface area contributed by atoms with Crippen LogP contribution in [-0.4, -0.2) is 18.3 Å². The molecule has 0 aliphatic carbocycles. The van der Waals surface area contributed by atoms with Gasteiger partial charge in [0.25, 0.3) is 0 Å². The smallest absolute Gasteiger partial charge is 0.133 e. The van der Waals surface area contributed by atoms with Crippen LogP contribution in [0.15, 0.2) is 61.2 Å². The van der Waals surface area contributed by atoms with Crippen molar-refractivity contribution in [3.63, 3.8) is 0 Å². The topological polar surface area (TPSA) is 38.7 Å². The number of rotatable bonds is 9. The van der Waals surface area contributed by atoms with E-state index in [4.69, 9.17) is 9.47 Å². The first-order chi connectivity index (χ1) is 11.6. The third kappa shape index (κ3) is 4.18. The van der Waals surface area contributed by atoms with Crippen LogP contribution in [0.4, 0.5) is 0 Å². The third-order valence-corrected chi connectivity index (χ3v) is 3.83. The Labute approximate surface area is 144 Å². The number of benzene rings is 2. The molecule has 0 aliphatic rings. The molecule has 3 heteroatoms. The Morgan fingerprint density at radius 2 is 1.21 bits per heavy atom. The highest BCUT2D eigenvalue weighted by atomic mass is 16.5. The van der Waals surface area contributed by atoms with Crippen LogP contribution in [0.5, 0.6) is 11.5 Å². The zero-order valence-electron chi connectivity index (χ0n) is 14.5. The van der Waals surface area contributed by atoms with Gasteiger partial charge in [0.1, 0.15) is 17.1 Å². The molecule has 0 amide bonds. The Balaban J connectivity index is 2.22. The largest absolute Gasteiger partial charge is 0.494 e. The number of ether oxygens (including phenoxy) is 2. The van der Waals surface area contributed by atoms with Crippen LogP contribution in [0.1, 0.15) is 37.8 Å². The second-order valence-corrected chi connectivity index (χ2v) is 5.72. The Morgan fingerprint density at radius 1 is 0.833 bits per heavy atom. The van der Waals surface area contributed by atoms with Gasteiger partial charge in [-0.15, -0.1) is 0 Å². The second-order valence-electron chi connectivity index (χ2n) is 5.72.